The molecule has 0 bridgehead atoms. The van der Waals surface area contributed by atoms with Gasteiger partial charge in [0.15, 0.2) is 12.4 Å². The van der Waals surface area contributed by atoms with Crippen molar-refractivity contribution in [3.63, 3.8) is 0 Å². The summed E-state index contributed by atoms with van der Waals surface area (Å²) in [5.74, 6) is 2.51. The Kier molecular flexibility index (Phi) is 6.22. The molecular weight excluding hydrogens is 332 g/mol. The van der Waals surface area contributed by atoms with E-state index in [2.05, 4.69) is 15.2 Å². The number of rotatable bonds is 7. The van der Waals surface area contributed by atoms with Gasteiger partial charge in [0, 0.05) is 32.5 Å². The molecule has 0 saturated carbocycles. The predicted molar refractivity (Wildman–Crippen MR) is 97.2 cm³/mol. The molecule has 1 aromatic carbocycles. The van der Waals surface area contributed by atoms with Crippen molar-refractivity contribution >= 4 is 5.91 Å². The first kappa shape index (κ1) is 18.4. The lowest BCUT2D eigenvalue weighted by atomic mass is 9.97. The summed E-state index contributed by atoms with van der Waals surface area (Å²) in [5, 5.41) is 7.29. The van der Waals surface area contributed by atoms with Crippen LogP contribution in [0.1, 0.15) is 36.0 Å². The fourth-order valence-electron chi connectivity index (χ4n) is 3.16. The van der Waals surface area contributed by atoms with Crippen LogP contribution in [-0.4, -0.2) is 59.4 Å². The first-order valence-electron chi connectivity index (χ1n) is 9.03. The van der Waals surface area contributed by atoms with Crippen molar-refractivity contribution in [2.75, 3.05) is 33.4 Å². The number of piperidine rings is 1. The lowest BCUT2D eigenvalue weighted by molar-refractivity contribution is -0.134. The maximum atomic E-state index is 12.5. The zero-order valence-electron chi connectivity index (χ0n) is 15.4. The van der Waals surface area contributed by atoms with Crippen LogP contribution < -0.4 is 4.74 Å². The van der Waals surface area contributed by atoms with Crippen LogP contribution in [0, 0.1) is 6.92 Å². The molecule has 26 heavy (non-hydrogen) atoms. The number of likely N-dealkylation sites (tertiary alicyclic amines) is 1. The minimum atomic E-state index is 0.00588. The van der Waals surface area contributed by atoms with Crippen LogP contribution in [0.3, 0.4) is 0 Å². The average Bonchev–Trinajstić information content (AvgIpc) is 3.13. The molecule has 0 radical (unpaired) electrons. The molecule has 3 rings (SSSR count). The monoisotopic (exact) mass is 358 g/mol. The predicted octanol–water partition coefficient (Wildman–Crippen LogP) is 2.09. The second-order valence-electron chi connectivity index (χ2n) is 6.67. The van der Waals surface area contributed by atoms with Crippen molar-refractivity contribution in [3.05, 3.63) is 41.5 Å². The fraction of sp³-hybridized carbons (Fsp3) is 0.526. The highest BCUT2D eigenvalue weighted by molar-refractivity contribution is 5.78. The first-order valence-corrected chi connectivity index (χ1v) is 9.03. The minimum absolute atomic E-state index is 0.00588. The van der Waals surface area contributed by atoms with E-state index in [0.717, 1.165) is 42.3 Å². The SMILES string of the molecule is COCCc1nc([C@H]2CCCN(C(=O)COc3cccc(C)c3)C2)n[nH]1. The number of nitrogens with one attached hydrogen (secondary N) is 1. The Bertz CT molecular complexity index is 731. The van der Waals surface area contributed by atoms with Gasteiger partial charge in [-0.1, -0.05) is 12.1 Å². The van der Waals surface area contributed by atoms with Crippen molar-refractivity contribution in [1.29, 1.82) is 0 Å². The molecule has 1 aromatic heterocycles. The van der Waals surface area contributed by atoms with Gasteiger partial charge in [0.2, 0.25) is 0 Å². The molecule has 1 aliphatic rings. The number of benzene rings is 1. The van der Waals surface area contributed by atoms with Gasteiger partial charge >= 0.3 is 0 Å². The van der Waals surface area contributed by atoms with Crippen LogP contribution in [0.5, 0.6) is 5.75 Å². The maximum Gasteiger partial charge on any atom is 0.260 e. The van der Waals surface area contributed by atoms with E-state index in [1.165, 1.54) is 0 Å². The van der Waals surface area contributed by atoms with E-state index in [1.54, 1.807) is 7.11 Å². The summed E-state index contributed by atoms with van der Waals surface area (Å²) in [6, 6.07) is 7.73. The van der Waals surface area contributed by atoms with Gasteiger partial charge in [-0.05, 0) is 37.5 Å². The first-order chi connectivity index (χ1) is 12.7. The number of aryl methyl sites for hydroxylation is 1. The van der Waals surface area contributed by atoms with Gasteiger partial charge in [0.05, 0.1) is 6.61 Å². The highest BCUT2D eigenvalue weighted by atomic mass is 16.5. The Labute approximate surface area is 153 Å². The molecule has 140 valence electrons. The summed E-state index contributed by atoms with van der Waals surface area (Å²) >= 11 is 0. The number of aromatic amines is 1. The van der Waals surface area contributed by atoms with Crippen molar-refractivity contribution in [3.8, 4) is 5.75 Å². The third-order valence-electron chi connectivity index (χ3n) is 4.58. The summed E-state index contributed by atoms with van der Waals surface area (Å²) < 4.78 is 10.7. The van der Waals surface area contributed by atoms with Gasteiger partial charge in [0.1, 0.15) is 11.6 Å². The van der Waals surface area contributed by atoms with Crippen molar-refractivity contribution in [1.82, 2.24) is 20.1 Å². The maximum absolute atomic E-state index is 12.5. The van der Waals surface area contributed by atoms with Gasteiger partial charge in [0.25, 0.3) is 5.91 Å². The molecule has 0 aliphatic carbocycles. The zero-order valence-corrected chi connectivity index (χ0v) is 15.4. The number of ether oxygens (including phenoxy) is 2. The number of nitrogens with zero attached hydrogens (tertiary/aromatic N) is 3. The second-order valence-corrected chi connectivity index (χ2v) is 6.67. The van der Waals surface area contributed by atoms with Gasteiger partial charge in [-0.2, -0.15) is 5.10 Å². The molecule has 2 aromatic rings. The van der Waals surface area contributed by atoms with Crippen LogP contribution in [0.15, 0.2) is 24.3 Å². The third kappa shape index (κ3) is 4.82. The normalized spacial score (nSPS) is 17.3. The van der Waals surface area contributed by atoms with Crippen molar-refractivity contribution < 1.29 is 14.3 Å². The van der Waals surface area contributed by atoms with Gasteiger partial charge in [-0.3, -0.25) is 9.89 Å². The Morgan fingerprint density at radius 3 is 3.12 bits per heavy atom. The van der Waals surface area contributed by atoms with Gasteiger partial charge in [-0.15, -0.1) is 0 Å². The second kappa shape index (κ2) is 8.80. The van der Waals surface area contributed by atoms with E-state index in [1.807, 2.05) is 36.1 Å². The van der Waals surface area contributed by atoms with Gasteiger partial charge < -0.3 is 14.4 Å². The third-order valence-corrected chi connectivity index (χ3v) is 4.58. The molecule has 1 aliphatic heterocycles. The Balaban J connectivity index is 1.54. The van der Waals surface area contributed by atoms with Crippen LogP contribution in [-0.2, 0) is 16.0 Å². The average molecular weight is 358 g/mol. The van der Waals surface area contributed by atoms with E-state index in [-0.39, 0.29) is 18.4 Å². The number of aromatic nitrogens is 3. The Hall–Kier alpha value is -2.41. The topological polar surface area (TPSA) is 80.3 Å². The van der Waals surface area contributed by atoms with Crippen LogP contribution in [0.2, 0.25) is 0 Å². The van der Waals surface area contributed by atoms with E-state index < -0.39 is 0 Å². The number of carbonyl (C=O) groups excluding carboxylic acids is 1. The number of carbonyl (C=O) groups is 1. The van der Waals surface area contributed by atoms with Crippen LogP contribution in [0.4, 0.5) is 0 Å². The highest BCUT2D eigenvalue weighted by Crippen LogP contribution is 2.24. The molecule has 0 unspecified atom stereocenters. The molecule has 0 spiro atoms. The standard InChI is InChI=1S/C19H26N4O3/c1-14-5-3-7-16(11-14)26-13-18(24)23-9-4-6-15(12-23)19-20-17(21-22-19)8-10-25-2/h3,5,7,11,15H,4,6,8-10,12-13H2,1-2H3,(H,20,21,22)/t15-/m0/s1. The number of H-pyrrole nitrogens is 1. The molecule has 1 atom stereocenters. The van der Waals surface area contributed by atoms with Gasteiger partial charge in [-0.25, -0.2) is 4.98 Å². The minimum Gasteiger partial charge on any atom is -0.484 e. The molecule has 1 N–H and O–H groups in total. The number of methoxy groups -OCH3 is 1. The van der Waals surface area contributed by atoms with Crippen molar-refractivity contribution in [2.45, 2.75) is 32.1 Å². The fourth-order valence-corrected chi connectivity index (χ4v) is 3.16. The van der Waals surface area contributed by atoms with E-state index in [4.69, 9.17) is 9.47 Å². The van der Waals surface area contributed by atoms with E-state index >= 15 is 0 Å². The number of amides is 1. The highest BCUT2D eigenvalue weighted by Gasteiger charge is 2.27. The summed E-state index contributed by atoms with van der Waals surface area (Å²) in [6.07, 6.45) is 2.65. The molecule has 1 fully saturated rings. The Morgan fingerprint density at radius 2 is 2.31 bits per heavy atom. The molecule has 1 amide bonds. The van der Waals surface area contributed by atoms with Crippen LogP contribution >= 0.6 is 0 Å². The van der Waals surface area contributed by atoms with E-state index in [9.17, 15) is 4.79 Å². The summed E-state index contributed by atoms with van der Waals surface area (Å²) in [4.78, 5) is 18.9. The number of hydrogen-bond acceptors (Lipinski definition) is 5. The van der Waals surface area contributed by atoms with Crippen LogP contribution in [0.25, 0.3) is 0 Å². The number of hydrogen-bond donors (Lipinski definition) is 1. The molecule has 7 nitrogen and oxygen atoms in total. The smallest absolute Gasteiger partial charge is 0.260 e. The summed E-state index contributed by atoms with van der Waals surface area (Å²) in [5.41, 5.74) is 1.11. The molecular formula is C19H26N4O3. The lowest BCUT2D eigenvalue weighted by Gasteiger charge is -2.31. The lowest BCUT2D eigenvalue weighted by Crippen LogP contribution is -2.41. The molecule has 7 heteroatoms. The summed E-state index contributed by atoms with van der Waals surface area (Å²) in [6.45, 7) is 4.07. The quantitative estimate of drug-likeness (QED) is 0.820. The summed E-state index contributed by atoms with van der Waals surface area (Å²) in [7, 11) is 1.67. The molecule has 2 heterocycles. The molecule has 1 saturated heterocycles. The Morgan fingerprint density at radius 1 is 1.42 bits per heavy atom. The zero-order chi connectivity index (χ0) is 18.4. The van der Waals surface area contributed by atoms with Crippen molar-refractivity contribution in [2.24, 2.45) is 0 Å². The van der Waals surface area contributed by atoms with E-state index in [0.29, 0.717) is 19.6 Å². The largest absolute Gasteiger partial charge is 0.484 e.